The summed E-state index contributed by atoms with van der Waals surface area (Å²) in [5, 5.41) is 14.4. The molecule has 1 aromatic carbocycles. The van der Waals surface area contributed by atoms with Gasteiger partial charge in [-0.3, -0.25) is 4.79 Å². The van der Waals surface area contributed by atoms with Gasteiger partial charge in [0.2, 0.25) is 5.91 Å². The number of hydrogen-bond donors (Lipinski definition) is 3. The number of amides is 2. The second-order valence-corrected chi connectivity index (χ2v) is 6.51. The monoisotopic (exact) mass is 356 g/mol. The molecule has 132 valence electrons. The van der Waals surface area contributed by atoms with Crippen LogP contribution in [0.3, 0.4) is 0 Å². The van der Waals surface area contributed by atoms with Crippen molar-refractivity contribution in [3.8, 4) is 0 Å². The van der Waals surface area contributed by atoms with Crippen LogP contribution in [0.1, 0.15) is 44.0 Å². The first-order valence-corrected chi connectivity index (χ1v) is 7.76. The van der Waals surface area contributed by atoms with Crippen LogP contribution >= 0.6 is 11.6 Å². The van der Waals surface area contributed by atoms with Crippen LogP contribution in [0.2, 0.25) is 5.02 Å². The highest BCUT2D eigenvalue weighted by Crippen LogP contribution is 2.21. The number of ether oxygens (including phenoxy) is 1. The summed E-state index contributed by atoms with van der Waals surface area (Å²) in [5.74, 6) is -1.54. The van der Waals surface area contributed by atoms with Crippen molar-refractivity contribution >= 4 is 35.3 Å². The van der Waals surface area contributed by atoms with Crippen LogP contribution < -0.4 is 10.6 Å². The molecule has 0 spiro atoms. The van der Waals surface area contributed by atoms with Crippen LogP contribution in [0.15, 0.2) is 18.2 Å². The SMILES string of the molecule is CC(C)(C)OC(=O)NCCCC(=O)Nc1ccc(Cl)cc1C(=O)O. The van der Waals surface area contributed by atoms with E-state index >= 15 is 0 Å². The third kappa shape index (κ3) is 7.32. The Labute approximate surface area is 145 Å². The number of aromatic carboxylic acids is 1. The Morgan fingerprint density at radius 1 is 1.25 bits per heavy atom. The fraction of sp³-hybridized carbons (Fsp3) is 0.438. The van der Waals surface area contributed by atoms with E-state index < -0.39 is 17.7 Å². The van der Waals surface area contributed by atoms with E-state index in [-0.39, 0.29) is 35.1 Å². The van der Waals surface area contributed by atoms with Gasteiger partial charge >= 0.3 is 12.1 Å². The van der Waals surface area contributed by atoms with Crippen LogP contribution in [0.5, 0.6) is 0 Å². The van der Waals surface area contributed by atoms with Crippen LogP contribution in [0, 0.1) is 0 Å². The number of carboxylic acid groups (broad SMARTS) is 1. The zero-order valence-corrected chi connectivity index (χ0v) is 14.6. The minimum atomic E-state index is -1.18. The number of carbonyl (C=O) groups is 3. The van der Waals surface area contributed by atoms with E-state index in [1.54, 1.807) is 20.8 Å². The van der Waals surface area contributed by atoms with Crippen LogP contribution in [0.25, 0.3) is 0 Å². The molecule has 0 aliphatic rings. The van der Waals surface area contributed by atoms with Crippen LogP contribution in [0.4, 0.5) is 10.5 Å². The van der Waals surface area contributed by atoms with Crippen molar-refractivity contribution in [1.82, 2.24) is 5.32 Å². The molecule has 1 rings (SSSR count). The molecule has 0 saturated carbocycles. The Morgan fingerprint density at radius 3 is 2.50 bits per heavy atom. The molecule has 0 unspecified atom stereocenters. The average molecular weight is 357 g/mol. The van der Waals surface area contributed by atoms with Gasteiger partial charge in [0.05, 0.1) is 11.3 Å². The quantitative estimate of drug-likeness (QED) is 0.678. The molecule has 0 aliphatic carbocycles. The average Bonchev–Trinajstić information content (AvgIpc) is 2.43. The largest absolute Gasteiger partial charge is 0.478 e. The second kappa shape index (κ2) is 8.54. The zero-order chi connectivity index (χ0) is 18.3. The molecular weight excluding hydrogens is 336 g/mol. The molecule has 0 aliphatic heterocycles. The summed E-state index contributed by atoms with van der Waals surface area (Å²) in [6.45, 7) is 5.54. The summed E-state index contributed by atoms with van der Waals surface area (Å²) in [6, 6.07) is 4.19. The summed E-state index contributed by atoms with van der Waals surface area (Å²) >= 11 is 5.75. The Balaban J connectivity index is 2.43. The number of carbonyl (C=O) groups excluding carboxylic acids is 2. The van der Waals surface area contributed by atoms with Crippen molar-refractivity contribution in [3.63, 3.8) is 0 Å². The van der Waals surface area contributed by atoms with E-state index in [0.29, 0.717) is 6.42 Å². The predicted octanol–water partition coefficient (Wildman–Crippen LogP) is 3.28. The highest BCUT2D eigenvalue weighted by molar-refractivity contribution is 6.31. The minimum absolute atomic E-state index is 0.0808. The van der Waals surface area contributed by atoms with E-state index in [1.165, 1.54) is 18.2 Å². The Kier molecular flexibility index (Phi) is 7.03. The topological polar surface area (TPSA) is 105 Å². The number of carboxylic acids is 1. The first kappa shape index (κ1) is 19.8. The second-order valence-electron chi connectivity index (χ2n) is 6.08. The Hall–Kier alpha value is -2.28. The highest BCUT2D eigenvalue weighted by atomic mass is 35.5. The lowest BCUT2D eigenvalue weighted by Gasteiger charge is -2.19. The van der Waals surface area contributed by atoms with Gasteiger partial charge in [-0.25, -0.2) is 9.59 Å². The smallest absolute Gasteiger partial charge is 0.407 e. The minimum Gasteiger partial charge on any atom is -0.478 e. The number of rotatable bonds is 6. The maximum atomic E-state index is 11.9. The Bertz CT molecular complexity index is 625. The molecule has 0 bridgehead atoms. The number of halogens is 1. The van der Waals surface area contributed by atoms with Gasteiger partial charge in [-0.2, -0.15) is 0 Å². The van der Waals surface area contributed by atoms with Gasteiger partial charge < -0.3 is 20.5 Å². The molecule has 24 heavy (non-hydrogen) atoms. The lowest BCUT2D eigenvalue weighted by atomic mass is 10.1. The molecule has 0 radical (unpaired) electrons. The fourth-order valence-corrected chi connectivity index (χ4v) is 1.94. The normalized spacial score (nSPS) is 10.8. The van der Waals surface area contributed by atoms with E-state index in [0.717, 1.165) is 0 Å². The molecule has 3 N–H and O–H groups in total. The van der Waals surface area contributed by atoms with Crippen LogP contribution in [-0.4, -0.2) is 35.2 Å². The number of nitrogens with one attached hydrogen (secondary N) is 2. The van der Waals surface area contributed by atoms with Crippen molar-refractivity contribution in [2.45, 2.75) is 39.2 Å². The van der Waals surface area contributed by atoms with Crippen molar-refractivity contribution in [1.29, 1.82) is 0 Å². The number of benzene rings is 1. The maximum absolute atomic E-state index is 11.9. The van der Waals surface area contributed by atoms with Crippen molar-refractivity contribution < 1.29 is 24.2 Å². The molecule has 1 aromatic rings. The van der Waals surface area contributed by atoms with E-state index in [9.17, 15) is 14.4 Å². The van der Waals surface area contributed by atoms with Crippen LogP contribution in [-0.2, 0) is 9.53 Å². The summed E-state index contributed by atoms with van der Waals surface area (Å²) in [6.07, 6.45) is -0.0350. The molecule has 0 heterocycles. The van der Waals surface area contributed by atoms with E-state index in [1.807, 2.05) is 0 Å². The third-order valence-electron chi connectivity index (χ3n) is 2.73. The first-order valence-electron chi connectivity index (χ1n) is 7.38. The highest BCUT2D eigenvalue weighted by Gasteiger charge is 2.16. The Morgan fingerprint density at radius 2 is 1.92 bits per heavy atom. The molecule has 7 nitrogen and oxygen atoms in total. The van der Waals surface area contributed by atoms with Gasteiger partial charge in [0, 0.05) is 18.0 Å². The predicted molar refractivity (Wildman–Crippen MR) is 90.5 cm³/mol. The van der Waals surface area contributed by atoms with Gasteiger partial charge in [-0.1, -0.05) is 11.6 Å². The molecule has 2 amide bonds. The van der Waals surface area contributed by atoms with Crippen molar-refractivity contribution in [2.75, 3.05) is 11.9 Å². The summed E-state index contributed by atoms with van der Waals surface area (Å²) in [4.78, 5) is 34.4. The molecule has 0 aromatic heterocycles. The lowest BCUT2D eigenvalue weighted by Crippen LogP contribution is -2.33. The van der Waals surface area contributed by atoms with Gasteiger partial charge in [-0.05, 0) is 45.4 Å². The molecule has 0 saturated heterocycles. The van der Waals surface area contributed by atoms with Gasteiger partial charge in [0.15, 0.2) is 0 Å². The standard InChI is InChI=1S/C16H21ClN2O5/c1-16(2,3)24-15(23)18-8-4-5-13(20)19-12-7-6-10(17)9-11(12)14(21)22/h6-7,9H,4-5,8H2,1-3H3,(H,18,23)(H,19,20)(H,21,22). The number of alkyl carbamates (subject to hydrolysis) is 1. The van der Waals surface area contributed by atoms with Crippen molar-refractivity contribution in [2.24, 2.45) is 0 Å². The van der Waals surface area contributed by atoms with Gasteiger partial charge in [0.1, 0.15) is 5.60 Å². The third-order valence-corrected chi connectivity index (χ3v) is 2.97. The van der Waals surface area contributed by atoms with E-state index in [4.69, 9.17) is 21.4 Å². The lowest BCUT2D eigenvalue weighted by molar-refractivity contribution is -0.116. The first-order chi connectivity index (χ1) is 11.1. The fourth-order valence-electron chi connectivity index (χ4n) is 1.77. The molecule has 0 fully saturated rings. The maximum Gasteiger partial charge on any atom is 0.407 e. The number of anilines is 1. The number of hydrogen-bond acceptors (Lipinski definition) is 4. The van der Waals surface area contributed by atoms with Gasteiger partial charge in [-0.15, -0.1) is 0 Å². The summed E-state index contributed by atoms with van der Waals surface area (Å²) < 4.78 is 5.07. The van der Waals surface area contributed by atoms with Crippen molar-refractivity contribution in [3.05, 3.63) is 28.8 Å². The zero-order valence-electron chi connectivity index (χ0n) is 13.8. The summed E-state index contributed by atoms with van der Waals surface area (Å²) in [7, 11) is 0. The van der Waals surface area contributed by atoms with E-state index in [2.05, 4.69) is 10.6 Å². The summed E-state index contributed by atoms with van der Waals surface area (Å²) in [5.41, 5.74) is -0.483. The van der Waals surface area contributed by atoms with Gasteiger partial charge in [0.25, 0.3) is 0 Å². The molecular formula is C16H21ClN2O5. The molecule has 0 atom stereocenters. The molecule has 8 heteroatoms.